The molecule has 0 unspecified atom stereocenters. The summed E-state index contributed by atoms with van der Waals surface area (Å²) in [6, 6.07) is 19.8. The summed E-state index contributed by atoms with van der Waals surface area (Å²) >= 11 is 0. The molecule has 1 aliphatic heterocycles. The smallest absolute Gasteiger partial charge is 0.291 e. The third-order valence-electron chi connectivity index (χ3n) is 5.53. The second-order valence-corrected chi connectivity index (χ2v) is 7.42. The van der Waals surface area contributed by atoms with Gasteiger partial charge in [0, 0.05) is 17.8 Å². The zero-order valence-electron chi connectivity index (χ0n) is 16.6. The molecule has 1 saturated heterocycles. The molecule has 1 fully saturated rings. The average molecular weight is 390 g/mol. The highest BCUT2D eigenvalue weighted by Gasteiger charge is 2.26. The summed E-state index contributed by atoms with van der Waals surface area (Å²) in [5.41, 5.74) is 3.07. The van der Waals surface area contributed by atoms with Crippen LogP contribution in [0.1, 0.15) is 40.4 Å². The number of ether oxygens (including phenoxy) is 1. The van der Waals surface area contributed by atoms with E-state index in [0.717, 1.165) is 49.5 Å². The molecule has 150 valence electrons. The molecule has 0 bridgehead atoms. The lowest BCUT2D eigenvalue weighted by Gasteiger charge is -2.31. The van der Waals surface area contributed by atoms with Gasteiger partial charge in [-0.2, -0.15) is 0 Å². The molecule has 4 rings (SSSR count). The van der Waals surface area contributed by atoms with Crippen LogP contribution in [0.3, 0.4) is 0 Å². The lowest BCUT2D eigenvalue weighted by molar-refractivity contribution is 0.0993. The Morgan fingerprint density at radius 1 is 1.07 bits per heavy atom. The molecule has 0 saturated carbocycles. The van der Waals surface area contributed by atoms with Crippen LogP contribution in [0.2, 0.25) is 0 Å². The molecule has 5 nitrogen and oxygen atoms in total. The maximum atomic E-state index is 12.8. The van der Waals surface area contributed by atoms with Crippen LogP contribution in [0, 0.1) is 0 Å². The normalized spacial score (nSPS) is 15.2. The third-order valence-corrected chi connectivity index (χ3v) is 5.53. The Hall–Kier alpha value is -3.05. The third kappa shape index (κ3) is 4.69. The highest BCUT2D eigenvalue weighted by molar-refractivity contribution is 6.03. The van der Waals surface area contributed by atoms with Gasteiger partial charge < -0.3 is 14.5 Å². The number of furan rings is 1. The Labute approximate surface area is 171 Å². The van der Waals surface area contributed by atoms with Gasteiger partial charge in [0.2, 0.25) is 0 Å². The van der Waals surface area contributed by atoms with Gasteiger partial charge in [0.15, 0.2) is 5.76 Å². The molecule has 1 aromatic heterocycles. The van der Waals surface area contributed by atoms with Gasteiger partial charge in [-0.25, -0.2) is 0 Å². The van der Waals surface area contributed by atoms with Crippen LogP contribution in [-0.4, -0.2) is 31.0 Å². The zero-order valence-corrected chi connectivity index (χ0v) is 16.6. The van der Waals surface area contributed by atoms with Gasteiger partial charge in [-0.15, -0.1) is 0 Å². The van der Waals surface area contributed by atoms with Gasteiger partial charge in [-0.3, -0.25) is 9.69 Å². The number of nitrogens with zero attached hydrogens (tertiary/aromatic N) is 1. The fourth-order valence-electron chi connectivity index (χ4n) is 3.93. The van der Waals surface area contributed by atoms with Crippen molar-refractivity contribution in [3.63, 3.8) is 0 Å². The number of carbonyl (C=O) groups excluding carboxylic acids is 1. The number of anilines is 1. The number of piperidine rings is 1. The Morgan fingerprint density at radius 3 is 2.48 bits per heavy atom. The molecule has 0 radical (unpaired) electrons. The van der Waals surface area contributed by atoms with Crippen LogP contribution in [0.15, 0.2) is 71.3 Å². The van der Waals surface area contributed by atoms with Crippen molar-refractivity contribution in [2.45, 2.75) is 25.3 Å². The summed E-state index contributed by atoms with van der Waals surface area (Å²) in [6.07, 6.45) is 3.67. The highest BCUT2D eigenvalue weighted by atomic mass is 16.5. The number of hydrogen-bond acceptors (Lipinski definition) is 4. The molecule has 1 aliphatic rings. The molecule has 5 heteroatoms. The van der Waals surface area contributed by atoms with Gasteiger partial charge in [-0.1, -0.05) is 30.3 Å². The van der Waals surface area contributed by atoms with Gasteiger partial charge >= 0.3 is 0 Å². The van der Waals surface area contributed by atoms with E-state index in [4.69, 9.17) is 9.15 Å². The fourth-order valence-corrected chi connectivity index (χ4v) is 3.93. The van der Waals surface area contributed by atoms with Crippen LogP contribution >= 0.6 is 0 Å². The summed E-state index contributed by atoms with van der Waals surface area (Å²) < 4.78 is 10.7. The number of carbonyl (C=O) groups is 1. The second-order valence-electron chi connectivity index (χ2n) is 7.42. The molecule has 2 aromatic carbocycles. The quantitative estimate of drug-likeness (QED) is 0.649. The number of likely N-dealkylation sites (tertiary alicyclic amines) is 1. The number of benzene rings is 2. The molecule has 2 heterocycles. The minimum atomic E-state index is -0.207. The SMILES string of the molecule is COc1ccc(NC(=O)c2occc2C2CCN(Cc3ccccc3)CC2)cc1. The average Bonchev–Trinajstić information content (AvgIpc) is 3.26. The van der Waals surface area contributed by atoms with Crippen LogP contribution in [0.5, 0.6) is 5.75 Å². The number of rotatable bonds is 6. The first-order chi connectivity index (χ1) is 14.2. The Balaban J connectivity index is 1.37. The Kier molecular flexibility index (Phi) is 5.96. The molecule has 1 N–H and O–H groups in total. The predicted octanol–water partition coefficient (Wildman–Crippen LogP) is 4.92. The first kappa shape index (κ1) is 19.3. The fraction of sp³-hybridized carbons (Fsp3) is 0.292. The first-order valence-electron chi connectivity index (χ1n) is 10.0. The van der Waals surface area contributed by atoms with Crippen molar-refractivity contribution in [1.29, 1.82) is 0 Å². The van der Waals surface area contributed by atoms with Crippen molar-refractivity contribution in [2.24, 2.45) is 0 Å². The first-order valence-corrected chi connectivity index (χ1v) is 10.0. The molecule has 0 spiro atoms. The number of methoxy groups -OCH3 is 1. The lowest BCUT2D eigenvalue weighted by atomic mass is 9.89. The summed E-state index contributed by atoms with van der Waals surface area (Å²) in [6.45, 7) is 3.01. The van der Waals surface area contributed by atoms with Crippen molar-refractivity contribution < 1.29 is 13.9 Å². The lowest BCUT2D eigenvalue weighted by Crippen LogP contribution is -2.32. The zero-order chi connectivity index (χ0) is 20.1. The van der Waals surface area contributed by atoms with E-state index in [-0.39, 0.29) is 5.91 Å². The van der Waals surface area contributed by atoms with Gasteiger partial charge in [0.05, 0.1) is 13.4 Å². The summed E-state index contributed by atoms with van der Waals surface area (Å²) in [5.74, 6) is 1.31. The Morgan fingerprint density at radius 2 is 1.79 bits per heavy atom. The molecule has 1 amide bonds. The van der Waals surface area contributed by atoms with Crippen LogP contribution < -0.4 is 10.1 Å². The van der Waals surface area contributed by atoms with Crippen molar-refractivity contribution in [3.05, 3.63) is 83.8 Å². The van der Waals surface area contributed by atoms with Crippen molar-refractivity contribution >= 4 is 11.6 Å². The minimum absolute atomic E-state index is 0.207. The maximum absolute atomic E-state index is 12.8. The number of amides is 1. The van der Waals surface area contributed by atoms with Crippen LogP contribution in [-0.2, 0) is 6.54 Å². The molecular weight excluding hydrogens is 364 g/mol. The molecule has 29 heavy (non-hydrogen) atoms. The van der Waals surface area contributed by atoms with E-state index in [2.05, 4.69) is 34.5 Å². The van der Waals surface area contributed by atoms with E-state index in [0.29, 0.717) is 11.7 Å². The summed E-state index contributed by atoms with van der Waals surface area (Å²) in [7, 11) is 1.62. The second kappa shape index (κ2) is 8.97. The Bertz CT molecular complexity index is 926. The largest absolute Gasteiger partial charge is 0.497 e. The van der Waals surface area contributed by atoms with Crippen molar-refractivity contribution in [3.8, 4) is 5.75 Å². The van der Waals surface area contributed by atoms with E-state index in [9.17, 15) is 4.79 Å². The molecule has 3 aromatic rings. The van der Waals surface area contributed by atoms with Crippen LogP contribution in [0.25, 0.3) is 0 Å². The number of hydrogen-bond donors (Lipinski definition) is 1. The monoisotopic (exact) mass is 390 g/mol. The maximum Gasteiger partial charge on any atom is 0.291 e. The van der Waals surface area contributed by atoms with E-state index in [1.165, 1.54) is 5.56 Å². The number of nitrogens with one attached hydrogen (secondary N) is 1. The molecular formula is C24H26N2O3. The van der Waals surface area contributed by atoms with Crippen molar-refractivity contribution in [2.75, 3.05) is 25.5 Å². The van der Waals surface area contributed by atoms with E-state index in [1.54, 1.807) is 13.4 Å². The van der Waals surface area contributed by atoms with Gasteiger partial charge in [-0.05, 0) is 67.7 Å². The predicted molar refractivity (Wildman–Crippen MR) is 113 cm³/mol. The summed E-state index contributed by atoms with van der Waals surface area (Å²) in [5, 5.41) is 2.92. The van der Waals surface area contributed by atoms with E-state index in [1.807, 2.05) is 36.4 Å². The van der Waals surface area contributed by atoms with E-state index < -0.39 is 0 Å². The minimum Gasteiger partial charge on any atom is -0.497 e. The standard InChI is InChI=1S/C24H26N2O3/c1-28-21-9-7-20(8-10-21)25-24(27)23-22(13-16-29-23)19-11-14-26(15-12-19)17-18-5-3-2-4-6-18/h2-10,13,16,19H,11-12,14-15,17H2,1H3,(H,25,27). The molecule has 0 aliphatic carbocycles. The van der Waals surface area contributed by atoms with Crippen molar-refractivity contribution in [1.82, 2.24) is 4.90 Å². The molecule has 0 atom stereocenters. The topological polar surface area (TPSA) is 54.7 Å². The van der Waals surface area contributed by atoms with Gasteiger partial charge in [0.1, 0.15) is 5.75 Å². The summed E-state index contributed by atoms with van der Waals surface area (Å²) in [4.78, 5) is 15.2. The highest BCUT2D eigenvalue weighted by Crippen LogP contribution is 2.32. The van der Waals surface area contributed by atoms with Crippen LogP contribution in [0.4, 0.5) is 5.69 Å². The van der Waals surface area contributed by atoms with Gasteiger partial charge in [0.25, 0.3) is 5.91 Å². The van der Waals surface area contributed by atoms with E-state index >= 15 is 0 Å².